The summed E-state index contributed by atoms with van der Waals surface area (Å²) >= 11 is 3.50. The van der Waals surface area contributed by atoms with Crippen LogP contribution in [0.25, 0.3) is 0 Å². The van der Waals surface area contributed by atoms with Gasteiger partial charge in [-0.2, -0.15) is 4.31 Å². The Bertz CT molecular complexity index is 800. The van der Waals surface area contributed by atoms with E-state index in [1.165, 1.54) is 5.56 Å². The van der Waals surface area contributed by atoms with Crippen molar-refractivity contribution in [2.45, 2.75) is 43.7 Å². The summed E-state index contributed by atoms with van der Waals surface area (Å²) in [6.07, 6.45) is 1.72. The Balaban J connectivity index is 2.02. The Labute approximate surface area is 152 Å². The summed E-state index contributed by atoms with van der Waals surface area (Å²) in [4.78, 5) is 0.373. The molecule has 1 aliphatic heterocycles. The van der Waals surface area contributed by atoms with Crippen molar-refractivity contribution in [2.24, 2.45) is 0 Å². The molecule has 128 valence electrons. The number of aryl methyl sites for hydroxylation is 2. The average Bonchev–Trinajstić information content (AvgIpc) is 3.01. The molecule has 5 heteroatoms. The maximum absolute atomic E-state index is 13.3. The minimum Gasteiger partial charge on any atom is -0.207 e. The van der Waals surface area contributed by atoms with E-state index < -0.39 is 10.0 Å². The highest BCUT2D eigenvalue weighted by atomic mass is 79.9. The van der Waals surface area contributed by atoms with E-state index in [2.05, 4.69) is 15.9 Å². The van der Waals surface area contributed by atoms with Crippen LogP contribution >= 0.6 is 15.9 Å². The fraction of sp³-hybridized carbons (Fsp3) is 0.368. The molecule has 0 N–H and O–H groups in total. The summed E-state index contributed by atoms with van der Waals surface area (Å²) in [6.45, 7) is 4.00. The van der Waals surface area contributed by atoms with Gasteiger partial charge in [0.25, 0.3) is 0 Å². The van der Waals surface area contributed by atoms with Crippen molar-refractivity contribution in [3.63, 3.8) is 0 Å². The highest BCUT2D eigenvalue weighted by Crippen LogP contribution is 2.41. The van der Waals surface area contributed by atoms with Crippen molar-refractivity contribution >= 4 is 26.0 Å². The molecule has 0 bridgehead atoms. The molecule has 2 aromatic rings. The van der Waals surface area contributed by atoms with Crippen molar-refractivity contribution in [1.29, 1.82) is 0 Å². The fourth-order valence-electron chi connectivity index (χ4n) is 3.30. The van der Waals surface area contributed by atoms with E-state index >= 15 is 0 Å². The summed E-state index contributed by atoms with van der Waals surface area (Å²) in [5.41, 5.74) is 3.31. The van der Waals surface area contributed by atoms with Crippen LogP contribution in [0, 0.1) is 13.8 Å². The lowest BCUT2D eigenvalue weighted by molar-refractivity contribution is 0.344. The Morgan fingerprint density at radius 3 is 2.04 bits per heavy atom. The van der Waals surface area contributed by atoms with Crippen LogP contribution in [-0.2, 0) is 10.0 Å². The van der Waals surface area contributed by atoms with Gasteiger partial charge in [0, 0.05) is 11.4 Å². The van der Waals surface area contributed by atoms with E-state index in [-0.39, 0.29) is 12.1 Å². The zero-order valence-electron chi connectivity index (χ0n) is 13.9. The molecule has 3 rings (SSSR count). The van der Waals surface area contributed by atoms with Gasteiger partial charge in [-0.25, -0.2) is 8.42 Å². The summed E-state index contributed by atoms with van der Waals surface area (Å²) in [7, 11) is -3.52. The average molecular weight is 408 g/mol. The third-order valence-corrected chi connectivity index (χ3v) is 7.40. The summed E-state index contributed by atoms with van der Waals surface area (Å²) in [6, 6.07) is 15.2. The number of alkyl halides is 1. The lowest BCUT2D eigenvalue weighted by atomic mass is 10.0. The number of halogens is 1. The van der Waals surface area contributed by atoms with E-state index in [1.807, 2.05) is 50.2 Å². The molecule has 0 spiro atoms. The number of sulfonamides is 1. The molecule has 0 radical (unpaired) electrons. The van der Waals surface area contributed by atoms with Crippen LogP contribution in [0.5, 0.6) is 0 Å². The summed E-state index contributed by atoms with van der Waals surface area (Å²) < 4.78 is 28.2. The molecule has 0 aliphatic carbocycles. The zero-order valence-corrected chi connectivity index (χ0v) is 16.3. The number of nitrogens with zero attached hydrogens (tertiary/aromatic N) is 1. The smallest absolute Gasteiger partial charge is 0.207 e. The molecular weight excluding hydrogens is 386 g/mol. The first-order valence-electron chi connectivity index (χ1n) is 8.16. The highest BCUT2D eigenvalue weighted by molar-refractivity contribution is 9.09. The molecule has 2 aromatic carbocycles. The van der Waals surface area contributed by atoms with E-state index in [0.29, 0.717) is 10.2 Å². The molecule has 1 saturated heterocycles. The molecule has 3 nitrogen and oxygen atoms in total. The lowest BCUT2D eigenvalue weighted by Gasteiger charge is -2.29. The zero-order chi connectivity index (χ0) is 17.3. The highest BCUT2D eigenvalue weighted by Gasteiger charge is 2.42. The molecule has 1 heterocycles. The molecular formula is C19H22BrNO2S. The summed E-state index contributed by atoms with van der Waals surface area (Å²) in [5.74, 6) is 0. The van der Waals surface area contributed by atoms with Gasteiger partial charge < -0.3 is 0 Å². The monoisotopic (exact) mass is 407 g/mol. The van der Waals surface area contributed by atoms with Crippen molar-refractivity contribution in [3.05, 3.63) is 65.2 Å². The van der Waals surface area contributed by atoms with Crippen molar-refractivity contribution in [3.8, 4) is 0 Å². The number of benzene rings is 2. The Morgan fingerprint density at radius 2 is 1.50 bits per heavy atom. The second-order valence-electron chi connectivity index (χ2n) is 6.46. The molecule has 0 amide bonds. The predicted molar refractivity (Wildman–Crippen MR) is 101 cm³/mol. The van der Waals surface area contributed by atoms with Gasteiger partial charge in [0.1, 0.15) is 0 Å². The van der Waals surface area contributed by atoms with Crippen LogP contribution in [-0.4, -0.2) is 24.1 Å². The molecule has 0 aromatic heterocycles. The number of rotatable bonds is 4. The van der Waals surface area contributed by atoms with Crippen LogP contribution in [0.2, 0.25) is 0 Å². The van der Waals surface area contributed by atoms with Gasteiger partial charge in [0.05, 0.1) is 10.9 Å². The van der Waals surface area contributed by atoms with E-state index in [9.17, 15) is 8.42 Å². The first-order chi connectivity index (χ1) is 11.4. The lowest BCUT2D eigenvalue weighted by Crippen LogP contribution is -2.38. The predicted octanol–water partition coefficient (Wildman–Crippen LogP) is 4.59. The van der Waals surface area contributed by atoms with E-state index in [4.69, 9.17) is 0 Å². The van der Waals surface area contributed by atoms with Crippen LogP contribution < -0.4 is 0 Å². The standard InChI is InChI=1S/C19H22BrNO2S/c1-14-3-7-16(8-4-14)19-12-9-17(13-20)21(19)24(22,23)18-10-5-15(2)6-11-18/h3-8,10-11,17,19H,9,12-13H2,1-2H3/t17-,19+/m1/s1. The first-order valence-corrected chi connectivity index (χ1v) is 10.7. The summed E-state index contributed by atoms with van der Waals surface area (Å²) in [5, 5.41) is 0.653. The van der Waals surface area contributed by atoms with Gasteiger partial charge in [0.15, 0.2) is 0 Å². The molecule has 24 heavy (non-hydrogen) atoms. The normalized spacial score (nSPS) is 22.0. The quantitative estimate of drug-likeness (QED) is 0.694. The fourth-order valence-corrected chi connectivity index (χ4v) is 5.99. The minimum atomic E-state index is -3.52. The number of hydrogen-bond acceptors (Lipinski definition) is 2. The van der Waals surface area contributed by atoms with E-state index in [0.717, 1.165) is 24.0 Å². The van der Waals surface area contributed by atoms with Crippen LogP contribution in [0.15, 0.2) is 53.4 Å². The van der Waals surface area contributed by atoms with E-state index in [1.54, 1.807) is 16.4 Å². The third kappa shape index (κ3) is 3.30. The Hall–Kier alpha value is -1.17. The Morgan fingerprint density at radius 1 is 0.958 bits per heavy atom. The Kier molecular flexibility index (Phi) is 5.13. The van der Waals surface area contributed by atoms with Crippen LogP contribution in [0.1, 0.15) is 35.6 Å². The molecule has 1 aliphatic rings. The van der Waals surface area contributed by atoms with Crippen LogP contribution in [0.3, 0.4) is 0 Å². The third-order valence-electron chi connectivity index (χ3n) is 4.68. The minimum absolute atomic E-state index is 0.0115. The van der Waals surface area contributed by atoms with Gasteiger partial charge in [0.2, 0.25) is 10.0 Å². The maximum atomic E-state index is 13.3. The second kappa shape index (κ2) is 6.98. The van der Waals surface area contributed by atoms with Crippen molar-refractivity contribution in [2.75, 3.05) is 5.33 Å². The first kappa shape index (κ1) is 17.6. The van der Waals surface area contributed by atoms with Gasteiger partial charge in [-0.05, 0) is 44.4 Å². The largest absolute Gasteiger partial charge is 0.243 e. The SMILES string of the molecule is Cc1ccc([C@@H]2CC[C@H](CBr)N2S(=O)(=O)c2ccc(C)cc2)cc1. The van der Waals surface area contributed by atoms with Gasteiger partial charge in [-0.15, -0.1) is 0 Å². The van der Waals surface area contributed by atoms with Crippen molar-refractivity contribution in [1.82, 2.24) is 4.31 Å². The number of hydrogen-bond donors (Lipinski definition) is 0. The topological polar surface area (TPSA) is 37.4 Å². The van der Waals surface area contributed by atoms with Gasteiger partial charge >= 0.3 is 0 Å². The molecule has 1 fully saturated rings. The van der Waals surface area contributed by atoms with Gasteiger partial charge in [-0.1, -0.05) is 63.5 Å². The molecule has 0 unspecified atom stereocenters. The molecule has 0 saturated carbocycles. The second-order valence-corrected chi connectivity index (χ2v) is 8.95. The van der Waals surface area contributed by atoms with Crippen molar-refractivity contribution < 1.29 is 8.42 Å². The van der Waals surface area contributed by atoms with Crippen LogP contribution in [0.4, 0.5) is 0 Å². The molecule has 2 atom stereocenters. The van der Waals surface area contributed by atoms with Gasteiger partial charge in [-0.3, -0.25) is 0 Å². The maximum Gasteiger partial charge on any atom is 0.243 e.